The Balaban J connectivity index is 1.05. The molecule has 2 aliphatic carbocycles. The number of hydrogen-bond donors (Lipinski definition) is 3. The predicted molar refractivity (Wildman–Crippen MR) is 165 cm³/mol. The molecule has 0 aromatic heterocycles. The van der Waals surface area contributed by atoms with Crippen LogP contribution in [0.2, 0.25) is 0 Å². The zero-order valence-electron chi connectivity index (χ0n) is 25.7. The van der Waals surface area contributed by atoms with Crippen LogP contribution in [0.3, 0.4) is 0 Å². The van der Waals surface area contributed by atoms with Crippen molar-refractivity contribution >= 4 is 43.1 Å². The van der Waals surface area contributed by atoms with Crippen LogP contribution in [0.15, 0.2) is 24.4 Å². The van der Waals surface area contributed by atoms with E-state index in [1.165, 1.54) is 21.6 Å². The highest BCUT2D eigenvalue weighted by molar-refractivity contribution is 8.00. The molecule has 4 aliphatic rings. The average molecular weight is 674 g/mol. The minimum atomic E-state index is -4.33. The van der Waals surface area contributed by atoms with Crippen LogP contribution in [0.5, 0.6) is 0 Å². The number of phosphoric acid groups is 1. The molecule has 3 amide bonds. The van der Waals surface area contributed by atoms with Crippen LogP contribution < -0.4 is 5.32 Å². The number of rotatable bonds is 16. The number of Topliss-reactive ketones (excluding diaryl/α,β-unsaturated/α-hetero) is 1. The van der Waals surface area contributed by atoms with Gasteiger partial charge in [-0.1, -0.05) is 19.4 Å². The third-order valence-corrected chi connectivity index (χ3v) is 11.5. The second-order valence-electron chi connectivity index (χ2n) is 12.5. The molecule has 5 atom stereocenters. The van der Waals surface area contributed by atoms with Gasteiger partial charge in [0.1, 0.15) is 11.6 Å². The van der Waals surface area contributed by atoms with Gasteiger partial charge in [-0.05, 0) is 70.0 Å². The molecule has 0 spiro atoms. The van der Waals surface area contributed by atoms with Crippen LogP contribution in [-0.2, 0) is 32.8 Å². The molecule has 3 N–H and O–H groups in total. The topological polar surface area (TPSA) is 163 Å². The third-order valence-electron chi connectivity index (χ3n) is 9.19. The molecule has 0 aromatic carbocycles. The lowest BCUT2D eigenvalue weighted by Gasteiger charge is -2.32. The normalized spacial score (nSPS) is 30.4. The van der Waals surface area contributed by atoms with Crippen molar-refractivity contribution in [1.29, 1.82) is 0 Å². The number of aliphatic hydroxyl groups is 1. The van der Waals surface area contributed by atoms with Gasteiger partial charge in [0.05, 0.1) is 24.6 Å². The molecule has 0 radical (unpaired) electrons. The van der Waals surface area contributed by atoms with Gasteiger partial charge in [0.15, 0.2) is 0 Å². The van der Waals surface area contributed by atoms with Gasteiger partial charge in [-0.15, -0.1) is 11.8 Å². The van der Waals surface area contributed by atoms with Crippen molar-refractivity contribution < 1.29 is 47.2 Å². The molecule has 3 fully saturated rings. The maximum Gasteiger partial charge on any atom is 0.472 e. The first-order chi connectivity index (χ1) is 21.3. The Morgan fingerprint density at radius 3 is 2.56 bits per heavy atom. The van der Waals surface area contributed by atoms with Crippen molar-refractivity contribution in [3.8, 4) is 0 Å². The van der Waals surface area contributed by atoms with Crippen LogP contribution in [0.1, 0.15) is 77.6 Å². The van der Waals surface area contributed by atoms with Gasteiger partial charge >= 0.3 is 7.82 Å². The Kier molecular flexibility index (Phi) is 12.8. The molecule has 3 unspecified atom stereocenters. The molecule has 252 valence electrons. The predicted octanol–water partition coefficient (Wildman–Crippen LogP) is 3.79. The quantitative estimate of drug-likeness (QED) is 0.124. The van der Waals surface area contributed by atoms with E-state index in [1.807, 2.05) is 0 Å². The highest BCUT2D eigenvalue weighted by Gasteiger charge is 2.41. The lowest BCUT2D eigenvalue weighted by molar-refractivity contribution is -0.139. The molecule has 0 bridgehead atoms. The number of halogens is 1. The third kappa shape index (κ3) is 9.95. The maximum absolute atomic E-state index is 13.7. The summed E-state index contributed by atoms with van der Waals surface area (Å²) in [4.78, 5) is 61.3. The minimum absolute atomic E-state index is 0.0209. The first-order valence-corrected chi connectivity index (χ1v) is 18.3. The lowest BCUT2D eigenvalue weighted by Crippen LogP contribution is -2.41. The van der Waals surface area contributed by atoms with E-state index in [2.05, 4.69) is 11.9 Å². The Labute approximate surface area is 267 Å². The zero-order chi connectivity index (χ0) is 32.7. The van der Waals surface area contributed by atoms with Gasteiger partial charge in [-0.3, -0.25) is 33.1 Å². The smallest absolute Gasteiger partial charge is 0.393 e. The monoisotopic (exact) mass is 673 g/mol. The summed E-state index contributed by atoms with van der Waals surface area (Å²) in [5, 5.41) is 12.4. The van der Waals surface area contributed by atoms with Crippen LogP contribution in [0.4, 0.5) is 4.39 Å². The number of thioether (sulfide) groups is 1. The van der Waals surface area contributed by atoms with E-state index in [0.717, 1.165) is 56.9 Å². The summed E-state index contributed by atoms with van der Waals surface area (Å²) in [5.74, 6) is -1.03. The summed E-state index contributed by atoms with van der Waals surface area (Å²) in [6.07, 6.45) is 7.32. The summed E-state index contributed by atoms with van der Waals surface area (Å²) >= 11 is 1.50. The summed E-state index contributed by atoms with van der Waals surface area (Å²) < 4.78 is 36.3. The SMILES string of the molecule is C=C1NC(=O)C(F)=CN1[C@H]1CC(O)[C@@H](COP(=O)(O)OCCCCCCSC2CC(=O)N(CC3CCC(C(C)=O)CC3)C2=O)C1. The van der Waals surface area contributed by atoms with Crippen LogP contribution in [0, 0.1) is 17.8 Å². The van der Waals surface area contributed by atoms with Gasteiger partial charge in [0, 0.05) is 37.0 Å². The second-order valence-corrected chi connectivity index (χ2v) is 15.2. The van der Waals surface area contributed by atoms with Crippen LogP contribution in [-0.4, -0.2) is 86.2 Å². The number of aliphatic hydroxyl groups excluding tert-OH is 1. The standard InChI is InChI=1S/C30H45FN3O9PS/c1-19(35)22-9-7-21(8-10-22)16-34-28(37)15-27(30(34)39)45-12-6-4-3-5-11-42-44(40,41)43-18-23-13-24(14-26(23)36)33-17-25(31)29(38)32-20(33)2/h17,21-24,26-27,36H,2-16,18H2,1H3,(H,32,38)(H,40,41)/t21?,22?,23-,24-,26?,27?/m1/s1. The number of nitrogens with one attached hydrogen (secondary N) is 1. The first kappa shape index (κ1) is 35.8. The molecule has 2 saturated carbocycles. The fourth-order valence-electron chi connectivity index (χ4n) is 6.49. The van der Waals surface area contributed by atoms with E-state index in [1.54, 1.807) is 6.92 Å². The largest absolute Gasteiger partial charge is 0.472 e. The number of hydrogen-bond acceptors (Lipinski definition) is 10. The lowest BCUT2D eigenvalue weighted by atomic mass is 9.80. The number of imide groups is 1. The van der Waals surface area contributed by atoms with Crippen molar-refractivity contribution in [1.82, 2.24) is 15.1 Å². The van der Waals surface area contributed by atoms with Gasteiger partial charge in [0.25, 0.3) is 5.91 Å². The zero-order valence-corrected chi connectivity index (χ0v) is 27.4. The Bertz CT molecular complexity index is 1210. The Hall–Kier alpha value is -2.09. The molecule has 45 heavy (non-hydrogen) atoms. The summed E-state index contributed by atoms with van der Waals surface area (Å²) in [6, 6.07) is -0.361. The van der Waals surface area contributed by atoms with Gasteiger partial charge in [-0.2, -0.15) is 4.39 Å². The Morgan fingerprint density at radius 1 is 1.13 bits per heavy atom. The maximum atomic E-state index is 13.7. The molecule has 4 rings (SSSR count). The van der Waals surface area contributed by atoms with E-state index in [-0.39, 0.29) is 72.6 Å². The molecule has 12 nitrogen and oxygen atoms in total. The summed E-state index contributed by atoms with van der Waals surface area (Å²) in [6.45, 7) is 5.59. The number of carbonyl (C=O) groups is 4. The number of phosphoric ester groups is 1. The molecule has 2 heterocycles. The highest BCUT2D eigenvalue weighted by atomic mass is 32.2. The summed E-state index contributed by atoms with van der Waals surface area (Å²) in [7, 11) is -4.33. The number of ketones is 1. The molecule has 1 saturated heterocycles. The summed E-state index contributed by atoms with van der Waals surface area (Å²) in [5.41, 5.74) is 0. The minimum Gasteiger partial charge on any atom is -0.393 e. The molecule has 0 aromatic rings. The van der Waals surface area contributed by atoms with Crippen molar-refractivity contribution in [2.75, 3.05) is 25.5 Å². The average Bonchev–Trinajstić information content (AvgIpc) is 3.49. The molecule has 2 aliphatic heterocycles. The fraction of sp³-hybridized carbons (Fsp3) is 0.733. The highest BCUT2D eigenvalue weighted by Crippen LogP contribution is 2.45. The van der Waals surface area contributed by atoms with Crippen molar-refractivity contribution in [2.24, 2.45) is 17.8 Å². The number of amides is 3. The Morgan fingerprint density at radius 2 is 1.84 bits per heavy atom. The second kappa shape index (κ2) is 16.1. The number of nitrogens with zero attached hydrogens (tertiary/aromatic N) is 2. The van der Waals surface area contributed by atoms with Crippen molar-refractivity contribution in [3.63, 3.8) is 0 Å². The fourth-order valence-corrected chi connectivity index (χ4v) is 8.49. The first-order valence-electron chi connectivity index (χ1n) is 15.8. The van der Waals surface area contributed by atoms with E-state index < -0.39 is 31.6 Å². The van der Waals surface area contributed by atoms with Crippen molar-refractivity contribution in [2.45, 2.75) is 94.9 Å². The number of carbonyl (C=O) groups excluding carboxylic acids is 4. The van der Waals surface area contributed by atoms with E-state index >= 15 is 0 Å². The number of unbranched alkanes of at least 4 members (excludes halogenated alkanes) is 3. The van der Waals surface area contributed by atoms with E-state index in [9.17, 15) is 38.1 Å². The molecular formula is C30H45FN3O9PS. The molecular weight excluding hydrogens is 628 g/mol. The van der Waals surface area contributed by atoms with Gasteiger partial charge < -0.3 is 20.2 Å². The van der Waals surface area contributed by atoms with Crippen LogP contribution >= 0.6 is 19.6 Å². The van der Waals surface area contributed by atoms with E-state index in [4.69, 9.17) is 9.05 Å². The number of likely N-dealkylation sites (tertiary alicyclic amines) is 1. The van der Waals surface area contributed by atoms with Gasteiger partial charge in [0.2, 0.25) is 17.6 Å². The van der Waals surface area contributed by atoms with Crippen molar-refractivity contribution in [3.05, 3.63) is 24.4 Å². The van der Waals surface area contributed by atoms with Crippen LogP contribution in [0.25, 0.3) is 0 Å². The van der Waals surface area contributed by atoms with E-state index in [0.29, 0.717) is 19.4 Å². The molecule has 15 heteroatoms. The van der Waals surface area contributed by atoms with Gasteiger partial charge in [-0.25, -0.2) is 4.57 Å².